The predicted octanol–water partition coefficient (Wildman–Crippen LogP) is -2.88. The largest absolute Gasteiger partial charge is 1.00 e. The number of anilines is 1. The van der Waals surface area contributed by atoms with Crippen LogP contribution in [0.1, 0.15) is 10.4 Å². The molecule has 4 heteroatoms. The molecule has 1 rings (SSSR count). The van der Waals surface area contributed by atoms with Crippen LogP contribution in [-0.4, -0.2) is 20.1 Å². The van der Waals surface area contributed by atoms with Crippen molar-refractivity contribution in [1.82, 2.24) is 0 Å². The zero-order valence-corrected chi connectivity index (χ0v) is 8.07. The molecule has 0 aromatic heterocycles. The minimum atomic E-state index is -1.14. The van der Waals surface area contributed by atoms with Gasteiger partial charge in [0, 0.05) is 19.8 Å². The van der Waals surface area contributed by atoms with Gasteiger partial charge >= 0.3 is 18.9 Å². The zero-order valence-electron chi connectivity index (χ0n) is 8.07. The first kappa shape index (κ1) is 12.1. The van der Waals surface area contributed by atoms with Crippen molar-refractivity contribution in [1.29, 1.82) is 0 Å². The summed E-state index contributed by atoms with van der Waals surface area (Å²) in [5, 5.41) is 10.4. The van der Waals surface area contributed by atoms with E-state index in [1.807, 2.05) is 19.0 Å². The van der Waals surface area contributed by atoms with Gasteiger partial charge in [-0.2, -0.15) is 0 Å². The third kappa shape index (κ3) is 3.14. The average molecular weight is 171 g/mol. The Morgan fingerprint density at radius 2 is 1.69 bits per heavy atom. The molecule has 0 unspecified atom stereocenters. The molecule has 3 nitrogen and oxygen atoms in total. The van der Waals surface area contributed by atoms with Crippen molar-refractivity contribution >= 4 is 11.7 Å². The van der Waals surface area contributed by atoms with Crippen molar-refractivity contribution in [3.05, 3.63) is 29.8 Å². The number of rotatable bonds is 2. The molecule has 0 bridgehead atoms. The molecule has 0 heterocycles. The van der Waals surface area contributed by atoms with E-state index in [-0.39, 0.29) is 24.4 Å². The van der Waals surface area contributed by atoms with Gasteiger partial charge in [0.15, 0.2) is 0 Å². The predicted molar refractivity (Wildman–Crippen MR) is 45.1 cm³/mol. The first-order chi connectivity index (χ1) is 5.61. The van der Waals surface area contributed by atoms with Crippen molar-refractivity contribution in [2.75, 3.05) is 19.0 Å². The van der Waals surface area contributed by atoms with Crippen LogP contribution in [-0.2, 0) is 0 Å². The number of benzene rings is 1. The first-order valence-corrected chi connectivity index (χ1v) is 3.60. The molecule has 0 saturated carbocycles. The summed E-state index contributed by atoms with van der Waals surface area (Å²) in [5.74, 6) is -1.14. The molecular weight excluding hydrogens is 161 g/mol. The molecule has 0 N–H and O–H groups in total. The summed E-state index contributed by atoms with van der Waals surface area (Å²) in [6, 6.07) is 6.55. The van der Waals surface area contributed by atoms with E-state index >= 15 is 0 Å². The summed E-state index contributed by atoms with van der Waals surface area (Å²) in [6.45, 7) is 0. The fraction of sp³-hybridized carbons (Fsp3) is 0.222. The molecule has 0 saturated heterocycles. The van der Waals surface area contributed by atoms with Crippen molar-refractivity contribution in [3.63, 3.8) is 0 Å². The third-order valence-corrected chi connectivity index (χ3v) is 1.62. The summed E-state index contributed by atoms with van der Waals surface area (Å²) >= 11 is 0. The van der Waals surface area contributed by atoms with E-state index in [0.29, 0.717) is 0 Å². The number of nitrogens with zero attached hydrogens (tertiary/aromatic N) is 1. The van der Waals surface area contributed by atoms with Gasteiger partial charge in [-0.25, -0.2) is 0 Å². The van der Waals surface area contributed by atoms with Gasteiger partial charge in [-0.05, 0) is 17.7 Å². The van der Waals surface area contributed by atoms with E-state index in [0.717, 1.165) is 5.69 Å². The Labute approximate surface area is 89.5 Å². The summed E-state index contributed by atoms with van der Waals surface area (Å²) in [7, 11) is 3.79. The average Bonchev–Trinajstić information content (AvgIpc) is 2.04. The van der Waals surface area contributed by atoms with Crippen LogP contribution in [0, 0.1) is 0 Å². The van der Waals surface area contributed by atoms with Gasteiger partial charge in [0.05, 0.1) is 5.97 Å². The fourth-order valence-electron chi connectivity index (χ4n) is 0.896. The van der Waals surface area contributed by atoms with Crippen LogP contribution in [0.3, 0.4) is 0 Å². The van der Waals surface area contributed by atoms with Gasteiger partial charge in [-0.15, -0.1) is 0 Å². The van der Waals surface area contributed by atoms with Crippen LogP contribution < -0.4 is 28.9 Å². The third-order valence-electron chi connectivity index (χ3n) is 1.62. The summed E-state index contributed by atoms with van der Waals surface area (Å²) in [5.41, 5.74) is 1.18. The van der Waals surface area contributed by atoms with Crippen molar-refractivity contribution < 1.29 is 28.8 Å². The van der Waals surface area contributed by atoms with Crippen molar-refractivity contribution in [3.8, 4) is 0 Å². The number of hydrogen-bond donors (Lipinski definition) is 0. The maximum absolute atomic E-state index is 10.4. The zero-order chi connectivity index (χ0) is 9.14. The van der Waals surface area contributed by atoms with E-state index in [1.54, 1.807) is 12.1 Å². The molecule has 1 aromatic rings. The maximum atomic E-state index is 10.4. The number of aromatic carboxylic acids is 1. The number of carbonyl (C=O) groups excluding carboxylic acids is 1. The van der Waals surface area contributed by atoms with Crippen LogP contribution in [0.15, 0.2) is 24.3 Å². The summed E-state index contributed by atoms with van der Waals surface area (Å²) in [6.07, 6.45) is 0. The standard InChI is InChI=1S/C9H11NO2.Li/c1-10(2)8-5-3-7(4-6-8)9(11)12;/h3-6H,1-2H3,(H,11,12);/q;+1/p-1. The minimum absolute atomic E-state index is 0. The van der Waals surface area contributed by atoms with Crippen LogP contribution in [0.4, 0.5) is 5.69 Å². The van der Waals surface area contributed by atoms with E-state index < -0.39 is 5.97 Å². The molecule has 0 spiro atoms. The van der Waals surface area contributed by atoms with Gasteiger partial charge in [-0.3, -0.25) is 0 Å². The Kier molecular flexibility index (Phi) is 4.61. The molecule has 0 aliphatic rings. The number of carboxylic acid groups (broad SMARTS) is 1. The van der Waals surface area contributed by atoms with Gasteiger partial charge in [0.25, 0.3) is 0 Å². The van der Waals surface area contributed by atoms with E-state index in [1.165, 1.54) is 12.1 Å². The molecule has 1 aromatic carbocycles. The SMILES string of the molecule is CN(C)c1ccc(C(=O)[O-])cc1.[Li+]. The summed E-state index contributed by atoms with van der Waals surface area (Å²) in [4.78, 5) is 12.3. The maximum Gasteiger partial charge on any atom is 1.00 e. The van der Waals surface area contributed by atoms with Gasteiger partial charge in [0.2, 0.25) is 0 Å². The van der Waals surface area contributed by atoms with Crippen molar-refractivity contribution in [2.24, 2.45) is 0 Å². The molecule has 13 heavy (non-hydrogen) atoms. The monoisotopic (exact) mass is 171 g/mol. The van der Waals surface area contributed by atoms with E-state index in [4.69, 9.17) is 0 Å². The normalized spacial score (nSPS) is 8.77. The van der Waals surface area contributed by atoms with Gasteiger partial charge < -0.3 is 14.8 Å². The molecule has 0 radical (unpaired) electrons. The first-order valence-electron chi connectivity index (χ1n) is 3.60. The number of carbonyl (C=O) groups is 1. The minimum Gasteiger partial charge on any atom is -0.545 e. The Morgan fingerprint density at radius 1 is 1.23 bits per heavy atom. The summed E-state index contributed by atoms with van der Waals surface area (Å²) < 4.78 is 0. The fourth-order valence-corrected chi connectivity index (χ4v) is 0.896. The van der Waals surface area contributed by atoms with Gasteiger partial charge in [0.1, 0.15) is 0 Å². The second kappa shape index (κ2) is 4.96. The Hall–Kier alpha value is -0.913. The smallest absolute Gasteiger partial charge is 0.545 e. The Bertz CT molecular complexity index is 282. The molecule has 0 atom stereocenters. The second-order valence-electron chi connectivity index (χ2n) is 2.73. The van der Waals surface area contributed by atoms with Crippen molar-refractivity contribution in [2.45, 2.75) is 0 Å². The molecule has 0 aliphatic heterocycles. The Morgan fingerprint density at radius 3 is 2.00 bits per heavy atom. The molecular formula is C9H10LiNO2. The quantitative estimate of drug-likeness (QED) is 0.449. The molecule has 0 amide bonds. The van der Waals surface area contributed by atoms with Crippen LogP contribution in [0.25, 0.3) is 0 Å². The van der Waals surface area contributed by atoms with E-state index in [9.17, 15) is 9.90 Å². The van der Waals surface area contributed by atoms with Crippen LogP contribution in [0.5, 0.6) is 0 Å². The molecule has 0 aliphatic carbocycles. The Balaban J connectivity index is 0.00000144. The van der Waals surface area contributed by atoms with Crippen LogP contribution in [0.2, 0.25) is 0 Å². The number of carboxylic acids is 1. The van der Waals surface area contributed by atoms with E-state index in [2.05, 4.69) is 0 Å². The topological polar surface area (TPSA) is 43.4 Å². The molecule has 0 fully saturated rings. The van der Waals surface area contributed by atoms with Crippen LogP contribution >= 0.6 is 0 Å². The second-order valence-corrected chi connectivity index (χ2v) is 2.73. The molecule has 64 valence electrons. The van der Waals surface area contributed by atoms with Gasteiger partial charge in [-0.1, -0.05) is 12.1 Å². The number of hydrogen-bond acceptors (Lipinski definition) is 3.